The topological polar surface area (TPSA) is 70.9 Å². The molecule has 0 saturated heterocycles. The summed E-state index contributed by atoms with van der Waals surface area (Å²) < 4.78 is 6.15. The third kappa shape index (κ3) is 2.32. The fourth-order valence-electron chi connectivity index (χ4n) is 2.19. The van der Waals surface area contributed by atoms with Gasteiger partial charge in [-0.2, -0.15) is 5.10 Å². The smallest absolute Gasteiger partial charge is 0.229 e. The highest BCUT2D eigenvalue weighted by molar-refractivity contribution is 9.10. The molecule has 0 bridgehead atoms. The maximum Gasteiger partial charge on any atom is 0.229 e. The van der Waals surface area contributed by atoms with E-state index >= 15 is 0 Å². The zero-order valence-electron chi connectivity index (χ0n) is 10.4. The predicted octanol–water partition coefficient (Wildman–Crippen LogP) is 3.07. The lowest BCUT2D eigenvalue weighted by Gasteiger charge is -2.01. The Morgan fingerprint density at radius 1 is 1.68 bits per heavy atom. The molecule has 100 valence electrons. The molecule has 0 aliphatic heterocycles. The minimum Gasteiger partial charge on any atom is -0.469 e. The van der Waals surface area contributed by atoms with Gasteiger partial charge in [0.2, 0.25) is 5.91 Å². The zero-order chi connectivity index (χ0) is 13.4. The monoisotopic (exact) mass is 323 g/mol. The molecule has 1 saturated carbocycles. The number of carbonyl (C=O) groups excluding carboxylic acids is 1. The first-order valence-corrected chi connectivity index (χ1v) is 7.07. The van der Waals surface area contributed by atoms with E-state index in [0.29, 0.717) is 5.82 Å². The molecule has 1 amide bonds. The molecule has 2 aromatic rings. The summed E-state index contributed by atoms with van der Waals surface area (Å²) in [5.41, 5.74) is 0.980. The fourth-order valence-corrected chi connectivity index (χ4v) is 2.75. The van der Waals surface area contributed by atoms with Crippen LogP contribution in [0.3, 0.4) is 0 Å². The van der Waals surface area contributed by atoms with Crippen LogP contribution < -0.4 is 5.32 Å². The number of furan rings is 1. The number of aromatic nitrogens is 2. The van der Waals surface area contributed by atoms with E-state index in [1.165, 1.54) is 0 Å². The first-order chi connectivity index (χ1) is 9.20. The number of H-pyrrole nitrogens is 1. The summed E-state index contributed by atoms with van der Waals surface area (Å²) in [6.07, 6.45) is 3.31. The van der Waals surface area contributed by atoms with E-state index in [1.807, 2.05) is 19.1 Å². The first-order valence-electron chi connectivity index (χ1n) is 6.27. The van der Waals surface area contributed by atoms with Crippen molar-refractivity contribution < 1.29 is 9.21 Å². The van der Waals surface area contributed by atoms with Gasteiger partial charge in [-0.15, -0.1) is 0 Å². The summed E-state index contributed by atoms with van der Waals surface area (Å²) in [5, 5.41) is 9.84. The molecule has 3 rings (SSSR count). The van der Waals surface area contributed by atoms with Crippen molar-refractivity contribution in [3.8, 4) is 0 Å². The van der Waals surface area contributed by atoms with Crippen molar-refractivity contribution in [2.45, 2.75) is 25.7 Å². The molecule has 2 N–H and O–H groups in total. The molecule has 5 nitrogen and oxygen atoms in total. The van der Waals surface area contributed by atoms with Gasteiger partial charge in [0.25, 0.3) is 0 Å². The van der Waals surface area contributed by atoms with Crippen LogP contribution in [0, 0.1) is 5.92 Å². The molecule has 0 spiro atoms. The summed E-state index contributed by atoms with van der Waals surface area (Å²) in [7, 11) is 0. The second-order valence-corrected chi connectivity index (χ2v) is 5.46. The summed E-state index contributed by atoms with van der Waals surface area (Å²) in [6, 6.07) is 3.76. The van der Waals surface area contributed by atoms with Gasteiger partial charge < -0.3 is 9.73 Å². The van der Waals surface area contributed by atoms with Crippen LogP contribution in [0.4, 0.5) is 5.82 Å². The van der Waals surface area contributed by atoms with Crippen molar-refractivity contribution in [1.29, 1.82) is 0 Å². The molecular formula is C13H14BrN3O2. The van der Waals surface area contributed by atoms with Gasteiger partial charge in [0.1, 0.15) is 5.76 Å². The van der Waals surface area contributed by atoms with Crippen LogP contribution in [-0.2, 0) is 11.2 Å². The van der Waals surface area contributed by atoms with Gasteiger partial charge in [-0.3, -0.25) is 9.89 Å². The Morgan fingerprint density at radius 2 is 2.53 bits per heavy atom. The van der Waals surface area contributed by atoms with Crippen molar-refractivity contribution in [3.05, 3.63) is 34.3 Å². The van der Waals surface area contributed by atoms with Crippen molar-refractivity contribution in [2.24, 2.45) is 5.92 Å². The van der Waals surface area contributed by atoms with Crippen LogP contribution in [0.25, 0.3) is 0 Å². The number of nitrogens with one attached hydrogen (secondary N) is 2. The van der Waals surface area contributed by atoms with Crippen molar-refractivity contribution >= 4 is 27.7 Å². The lowest BCUT2D eigenvalue weighted by atomic mass is 10.2. The van der Waals surface area contributed by atoms with Gasteiger partial charge in [0.05, 0.1) is 16.4 Å². The van der Waals surface area contributed by atoms with Gasteiger partial charge in [-0.1, -0.05) is 6.92 Å². The molecule has 2 atom stereocenters. The number of rotatable bonds is 4. The second-order valence-electron chi connectivity index (χ2n) is 4.67. The van der Waals surface area contributed by atoms with E-state index in [4.69, 9.17) is 4.42 Å². The van der Waals surface area contributed by atoms with Crippen molar-refractivity contribution in [2.75, 3.05) is 5.32 Å². The first kappa shape index (κ1) is 12.5. The van der Waals surface area contributed by atoms with E-state index in [2.05, 4.69) is 31.4 Å². The minimum absolute atomic E-state index is 0.00347. The summed E-state index contributed by atoms with van der Waals surface area (Å²) >= 11 is 3.44. The lowest BCUT2D eigenvalue weighted by Crippen LogP contribution is -2.15. The normalized spacial score (nSPS) is 21.4. The molecule has 2 heterocycles. The average Bonchev–Trinajstić information content (AvgIpc) is 2.87. The van der Waals surface area contributed by atoms with E-state index in [1.54, 1.807) is 6.26 Å². The maximum absolute atomic E-state index is 12.1. The van der Waals surface area contributed by atoms with Crippen LogP contribution in [0.2, 0.25) is 0 Å². The number of hydrogen-bond donors (Lipinski definition) is 2. The van der Waals surface area contributed by atoms with E-state index in [-0.39, 0.29) is 17.7 Å². The fraction of sp³-hybridized carbons (Fsp3) is 0.385. The summed E-state index contributed by atoms with van der Waals surface area (Å²) in [5.74, 6) is 1.64. The number of aryl methyl sites for hydroxylation is 1. The Kier molecular flexibility index (Phi) is 3.18. The molecule has 1 aliphatic carbocycles. The molecule has 1 fully saturated rings. The molecule has 0 aromatic carbocycles. The van der Waals surface area contributed by atoms with Crippen LogP contribution in [0.1, 0.15) is 30.7 Å². The SMILES string of the molecule is CCc1[nH]nc(NC(=O)[C@@H]2C[C@H]2c2ccco2)c1Br. The highest BCUT2D eigenvalue weighted by Gasteiger charge is 2.46. The molecule has 2 aromatic heterocycles. The largest absolute Gasteiger partial charge is 0.469 e. The molecule has 1 aliphatic rings. The predicted molar refractivity (Wildman–Crippen MR) is 73.9 cm³/mol. The van der Waals surface area contributed by atoms with Crippen LogP contribution in [0.5, 0.6) is 0 Å². The molecule has 0 radical (unpaired) electrons. The van der Waals surface area contributed by atoms with Crippen LogP contribution in [0.15, 0.2) is 27.3 Å². The number of aromatic amines is 1. The quantitative estimate of drug-likeness (QED) is 0.908. The number of amides is 1. The highest BCUT2D eigenvalue weighted by atomic mass is 79.9. The molecule has 6 heteroatoms. The van der Waals surface area contributed by atoms with Gasteiger partial charge in [-0.25, -0.2) is 0 Å². The van der Waals surface area contributed by atoms with Crippen LogP contribution >= 0.6 is 15.9 Å². The molecular weight excluding hydrogens is 310 g/mol. The number of carbonyl (C=O) groups is 1. The van der Waals surface area contributed by atoms with Gasteiger partial charge in [0.15, 0.2) is 5.82 Å². The molecule has 0 unspecified atom stereocenters. The van der Waals surface area contributed by atoms with Gasteiger partial charge >= 0.3 is 0 Å². The van der Waals surface area contributed by atoms with Crippen molar-refractivity contribution in [3.63, 3.8) is 0 Å². The summed E-state index contributed by atoms with van der Waals surface area (Å²) in [6.45, 7) is 2.03. The van der Waals surface area contributed by atoms with E-state index in [9.17, 15) is 4.79 Å². The van der Waals surface area contributed by atoms with Crippen LogP contribution in [-0.4, -0.2) is 16.1 Å². The zero-order valence-corrected chi connectivity index (χ0v) is 12.0. The standard InChI is InChI=1S/C13H14BrN3O2/c1-2-9-11(14)12(17-16-9)15-13(18)8-6-7(8)10-4-3-5-19-10/h3-5,7-8H,2,6H2,1H3,(H2,15,16,17,18)/t7-,8-/m1/s1. The third-order valence-electron chi connectivity index (χ3n) is 3.41. The number of hydrogen-bond acceptors (Lipinski definition) is 3. The molecule has 19 heavy (non-hydrogen) atoms. The Hall–Kier alpha value is -1.56. The minimum atomic E-state index is -0.0140. The van der Waals surface area contributed by atoms with Gasteiger partial charge in [0, 0.05) is 11.8 Å². The number of anilines is 1. The van der Waals surface area contributed by atoms with E-state index in [0.717, 1.165) is 28.8 Å². The Bertz CT molecular complexity index is 591. The lowest BCUT2D eigenvalue weighted by molar-refractivity contribution is -0.117. The average molecular weight is 324 g/mol. The number of nitrogens with zero attached hydrogens (tertiary/aromatic N) is 1. The maximum atomic E-state index is 12.1. The Morgan fingerprint density at radius 3 is 3.16 bits per heavy atom. The Balaban J connectivity index is 1.65. The second kappa shape index (κ2) is 4.85. The Labute approximate surface area is 118 Å². The third-order valence-corrected chi connectivity index (χ3v) is 4.26. The number of halogens is 1. The van der Waals surface area contributed by atoms with Crippen molar-refractivity contribution in [1.82, 2.24) is 10.2 Å². The highest BCUT2D eigenvalue weighted by Crippen LogP contribution is 2.48. The summed E-state index contributed by atoms with van der Waals surface area (Å²) in [4.78, 5) is 12.1. The van der Waals surface area contributed by atoms with Gasteiger partial charge in [-0.05, 0) is 40.9 Å². The van der Waals surface area contributed by atoms with E-state index < -0.39 is 0 Å².